The molecule has 1 saturated heterocycles. The van der Waals surface area contributed by atoms with E-state index in [9.17, 15) is 4.39 Å². The highest BCUT2D eigenvalue weighted by molar-refractivity contribution is 9.10. The van der Waals surface area contributed by atoms with E-state index in [-0.39, 0.29) is 5.82 Å². The van der Waals surface area contributed by atoms with Gasteiger partial charge in [0.05, 0.1) is 4.47 Å². The molecule has 1 saturated carbocycles. The SMILES string of the molecule is Fc1cc(CNC2CCN(C3CC3)C2)ccc1Br. The fourth-order valence-electron chi connectivity index (χ4n) is 2.64. The average Bonchev–Trinajstić information content (AvgIpc) is 3.11. The molecule has 2 aliphatic rings. The molecule has 1 aromatic carbocycles. The van der Waals surface area contributed by atoms with Crippen molar-refractivity contribution in [2.75, 3.05) is 13.1 Å². The van der Waals surface area contributed by atoms with Crippen LogP contribution in [0.3, 0.4) is 0 Å². The molecule has 0 bridgehead atoms. The van der Waals surface area contributed by atoms with E-state index in [2.05, 4.69) is 26.1 Å². The Balaban J connectivity index is 1.50. The maximum Gasteiger partial charge on any atom is 0.137 e. The fourth-order valence-corrected chi connectivity index (χ4v) is 2.88. The number of nitrogens with one attached hydrogen (secondary N) is 1. The van der Waals surface area contributed by atoms with Crippen LogP contribution < -0.4 is 5.32 Å². The maximum atomic E-state index is 13.4. The van der Waals surface area contributed by atoms with Crippen LogP contribution in [0.5, 0.6) is 0 Å². The van der Waals surface area contributed by atoms with Crippen LogP contribution in [0.15, 0.2) is 22.7 Å². The van der Waals surface area contributed by atoms with E-state index in [1.54, 1.807) is 12.1 Å². The molecular weight excluding hydrogens is 295 g/mol. The zero-order chi connectivity index (χ0) is 12.5. The van der Waals surface area contributed by atoms with E-state index in [4.69, 9.17) is 0 Å². The third kappa shape index (κ3) is 2.92. The first-order chi connectivity index (χ1) is 8.72. The first-order valence-corrected chi connectivity index (χ1v) is 7.43. The van der Waals surface area contributed by atoms with Gasteiger partial charge < -0.3 is 5.32 Å². The number of hydrogen-bond acceptors (Lipinski definition) is 2. The number of benzene rings is 1. The van der Waals surface area contributed by atoms with Crippen LogP contribution in [0.1, 0.15) is 24.8 Å². The molecule has 1 atom stereocenters. The van der Waals surface area contributed by atoms with Crippen molar-refractivity contribution >= 4 is 15.9 Å². The van der Waals surface area contributed by atoms with Gasteiger partial charge in [-0.3, -0.25) is 4.90 Å². The van der Waals surface area contributed by atoms with Gasteiger partial charge in [-0.1, -0.05) is 6.07 Å². The van der Waals surface area contributed by atoms with E-state index >= 15 is 0 Å². The van der Waals surface area contributed by atoms with Gasteiger partial charge in [-0.15, -0.1) is 0 Å². The highest BCUT2D eigenvalue weighted by atomic mass is 79.9. The van der Waals surface area contributed by atoms with Gasteiger partial charge in [-0.05, 0) is 52.9 Å². The molecule has 2 nitrogen and oxygen atoms in total. The molecule has 0 aromatic heterocycles. The van der Waals surface area contributed by atoms with E-state index in [1.165, 1.54) is 25.8 Å². The fraction of sp³-hybridized carbons (Fsp3) is 0.571. The van der Waals surface area contributed by atoms with Crippen molar-refractivity contribution in [3.05, 3.63) is 34.1 Å². The summed E-state index contributed by atoms with van der Waals surface area (Å²) in [5.41, 5.74) is 1.01. The van der Waals surface area contributed by atoms with Gasteiger partial charge in [0.1, 0.15) is 5.82 Å². The second-order valence-electron chi connectivity index (χ2n) is 5.34. The van der Waals surface area contributed by atoms with Gasteiger partial charge in [-0.2, -0.15) is 0 Å². The van der Waals surface area contributed by atoms with E-state index in [1.807, 2.05) is 6.07 Å². The average molecular weight is 313 g/mol. The molecule has 0 radical (unpaired) electrons. The molecule has 18 heavy (non-hydrogen) atoms. The summed E-state index contributed by atoms with van der Waals surface area (Å²) in [6.45, 7) is 3.13. The number of halogens is 2. The number of likely N-dealkylation sites (tertiary alicyclic amines) is 1. The lowest BCUT2D eigenvalue weighted by atomic mass is 10.2. The smallest absolute Gasteiger partial charge is 0.137 e. The lowest BCUT2D eigenvalue weighted by Gasteiger charge is -2.15. The Hall–Kier alpha value is -0.450. The van der Waals surface area contributed by atoms with E-state index in [0.717, 1.165) is 24.7 Å². The van der Waals surface area contributed by atoms with Gasteiger partial charge in [0.2, 0.25) is 0 Å². The molecule has 1 aliphatic heterocycles. The summed E-state index contributed by atoms with van der Waals surface area (Å²) < 4.78 is 13.9. The Morgan fingerprint density at radius 2 is 2.17 bits per heavy atom. The Morgan fingerprint density at radius 1 is 1.33 bits per heavy atom. The molecule has 1 unspecified atom stereocenters. The first-order valence-electron chi connectivity index (χ1n) is 6.64. The zero-order valence-corrected chi connectivity index (χ0v) is 11.9. The summed E-state index contributed by atoms with van der Waals surface area (Å²) in [4.78, 5) is 2.58. The van der Waals surface area contributed by atoms with Gasteiger partial charge >= 0.3 is 0 Å². The van der Waals surface area contributed by atoms with Crippen LogP contribution in [-0.2, 0) is 6.54 Å². The summed E-state index contributed by atoms with van der Waals surface area (Å²) in [5.74, 6) is -0.180. The van der Waals surface area contributed by atoms with Gasteiger partial charge in [-0.25, -0.2) is 4.39 Å². The van der Waals surface area contributed by atoms with Crippen molar-refractivity contribution in [3.63, 3.8) is 0 Å². The van der Waals surface area contributed by atoms with Crippen molar-refractivity contribution in [2.24, 2.45) is 0 Å². The lowest BCUT2D eigenvalue weighted by Crippen LogP contribution is -2.32. The van der Waals surface area contributed by atoms with Crippen LogP contribution in [0.25, 0.3) is 0 Å². The predicted molar refractivity (Wildman–Crippen MR) is 73.9 cm³/mol. The summed E-state index contributed by atoms with van der Waals surface area (Å²) >= 11 is 3.18. The Kier molecular flexibility index (Phi) is 3.68. The van der Waals surface area contributed by atoms with Crippen LogP contribution in [-0.4, -0.2) is 30.1 Å². The topological polar surface area (TPSA) is 15.3 Å². The minimum atomic E-state index is -0.180. The summed E-state index contributed by atoms with van der Waals surface area (Å²) in [6.07, 6.45) is 3.98. The second kappa shape index (κ2) is 5.27. The molecule has 1 aliphatic carbocycles. The zero-order valence-electron chi connectivity index (χ0n) is 10.3. The van der Waals surface area contributed by atoms with Crippen molar-refractivity contribution in [3.8, 4) is 0 Å². The van der Waals surface area contributed by atoms with E-state index < -0.39 is 0 Å². The highest BCUT2D eigenvalue weighted by Crippen LogP contribution is 2.29. The monoisotopic (exact) mass is 312 g/mol. The first kappa shape index (κ1) is 12.6. The molecule has 1 heterocycles. The van der Waals surface area contributed by atoms with Crippen molar-refractivity contribution in [1.29, 1.82) is 0 Å². The van der Waals surface area contributed by atoms with Crippen LogP contribution >= 0.6 is 15.9 Å². The summed E-state index contributed by atoms with van der Waals surface area (Å²) in [7, 11) is 0. The minimum absolute atomic E-state index is 0.180. The largest absolute Gasteiger partial charge is 0.309 e. The molecule has 4 heteroatoms. The minimum Gasteiger partial charge on any atom is -0.309 e. The van der Waals surface area contributed by atoms with E-state index in [0.29, 0.717) is 10.5 Å². The Bertz CT molecular complexity index is 434. The third-order valence-corrected chi connectivity index (χ3v) is 4.50. The number of nitrogens with zero attached hydrogens (tertiary/aromatic N) is 1. The van der Waals surface area contributed by atoms with Gasteiger partial charge in [0.25, 0.3) is 0 Å². The molecule has 98 valence electrons. The molecule has 2 fully saturated rings. The standard InChI is InChI=1S/C14H18BrFN2/c15-13-4-1-10(7-14(13)16)8-17-11-5-6-18(9-11)12-2-3-12/h1,4,7,11-12,17H,2-3,5-6,8-9H2. The van der Waals surface area contributed by atoms with Crippen molar-refractivity contribution in [2.45, 2.75) is 37.9 Å². The third-order valence-electron chi connectivity index (χ3n) is 3.86. The summed E-state index contributed by atoms with van der Waals surface area (Å²) in [6, 6.07) is 6.77. The summed E-state index contributed by atoms with van der Waals surface area (Å²) in [5, 5.41) is 3.53. The quantitative estimate of drug-likeness (QED) is 0.919. The normalized spacial score (nSPS) is 24.7. The van der Waals surface area contributed by atoms with Gasteiger partial charge in [0, 0.05) is 31.7 Å². The van der Waals surface area contributed by atoms with Crippen LogP contribution in [0.2, 0.25) is 0 Å². The molecule has 0 spiro atoms. The van der Waals surface area contributed by atoms with Crippen molar-refractivity contribution < 1.29 is 4.39 Å². The molecule has 0 amide bonds. The Morgan fingerprint density at radius 3 is 2.89 bits per heavy atom. The highest BCUT2D eigenvalue weighted by Gasteiger charge is 2.33. The maximum absolute atomic E-state index is 13.4. The number of hydrogen-bond donors (Lipinski definition) is 1. The molecule has 1 aromatic rings. The second-order valence-corrected chi connectivity index (χ2v) is 6.20. The van der Waals surface area contributed by atoms with Crippen LogP contribution in [0, 0.1) is 5.82 Å². The number of rotatable bonds is 4. The van der Waals surface area contributed by atoms with Crippen LogP contribution in [0.4, 0.5) is 4.39 Å². The van der Waals surface area contributed by atoms with Crippen molar-refractivity contribution in [1.82, 2.24) is 10.2 Å². The lowest BCUT2D eigenvalue weighted by molar-refractivity contribution is 0.317. The molecule has 3 rings (SSSR count). The molecular formula is C14H18BrFN2. The van der Waals surface area contributed by atoms with Gasteiger partial charge in [0.15, 0.2) is 0 Å². The Labute approximate surface area is 116 Å². The predicted octanol–water partition coefficient (Wildman–Crippen LogP) is 2.91. The molecule has 1 N–H and O–H groups in total.